The molecule has 1 aromatic carbocycles. The number of benzene rings is 1. The third-order valence-electron chi connectivity index (χ3n) is 4.16. The first-order valence-electron chi connectivity index (χ1n) is 8.08. The highest BCUT2D eigenvalue weighted by atomic mass is 19.1. The second kappa shape index (κ2) is 6.14. The van der Waals surface area contributed by atoms with E-state index in [9.17, 15) is 14.0 Å². The van der Waals surface area contributed by atoms with Crippen LogP contribution in [0, 0.1) is 5.82 Å². The predicted octanol–water partition coefficient (Wildman–Crippen LogP) is 2.58. The number of esters is 1. The van der Waals surface area contributed by atoms with E-state index in [1.165, 1.54) is 16.7 Å². The fourth-order valence-corrected chi connectivity index (χ4v) is 3.01. The first kappa shape index (κ1) is 16.1. The number of ether oxygens (including phenoxy) is 1. The second-order valence-electron chi connectivity index (χ2n) is 5.81. The van der Waals surface area contributed by atoms with Gasteiger partial charge in [-0.15, -0.1) is 0 Å². The van der Waals surface area contributed by atoms with Crippen molar-refractivity contribution in [3.63, 3.8) is 0 Å². The fraction of sp³-hybridized carbons (Fsp3) is 0.167. The summed E-state index contributed by atoms with van der Waals surface area (Å²) in [5.74, 6) is -0.820. The number of carbonyl (C=O) groups is 1. The van der Waals surface area contributed by atoms with E-state index in [0.717, 1.165) is 16.5 Å². The summed E-state index contributed by atoms with van der Waals surface area (Å²) in [5, 5.41) is 0.848. The zero-order chi connectivity index (χ0) is 18.3. The summed E-state index contributed by atoms with van der Waals surface area (Å²) >= 11 is 0. The number of H-pyrrole nitrogens is 2. The SMILES string of the molecule is CCOC(=O)Cn1c(=O)[nH]c2cc(-c3c[nH]c4cc(F)ccc34)cnc21. The number of aromatic nitrogens is 4. The van der Waals surface area contributed by atoms with Crippen molar-refractivity contribution < 1.29 is 13.9 Å². The number of rotatable bonds is 4. The third kappa shape index (κ3) is 2.65. The number of fused-ring (bicyclic) bond motifs is 2. The lowest BCUT2D eigenvalue weighted by Gasteiger charge is -2.04. The van der Waals surface area contributed by atoms with Crippen LogP contribution >= 0.6 is 0 Å². The predicted molar refractivity (Wildman–Crippen MR) is 94.2 cm³/mol. The van der Waals surface area contributed by atoms with Crippen LogP contribution in [0.25, 0.3) is 33.2 Å². The minimum atomic E-state index is -0.500. The van der Waals surface area contributed by atoms with Gasteiger partial charge in [0.15, 0.2) is 5.65 Å². The largest absolute Gasteiger partial charge is 0.465 e. The Labute approximate surface area is 146 Å². The van der Waals surface area contributed by atoms with E-state index >= 15 is 0 Å². The number of halogens is 1. The maximum absolute atomic E-state index is 13.4. The zero-order valence-electron chi connectivity index (χ0n) is 13.9. The number of nitrogens with zero attached hydrogens (tertiary/aromatic N) is 2. The van der Waals surface area contributed by atoms with Gasteiger partial charge in [0.05, 0.1) is 12.1 Å². The number of imidazole rings is 1. The standard InChI is InChI=1S/C18H15FN4O3/c1-2-26-16(24)9-23-17-15(22-18(23)25)5-10(7-21-17)13-8-20-14-6-11(19)3-4-12(13)14/h3-8,20H,2,9H2,1H3,(H,22,25). The van der Waals surface area contributed by atoms with Gasteiger partial charge in [0.1, 0.15) is 12.4 Å². The van der Waals surface area contributed by atoms with Gasteiger partial charge in [-0.3, -0.25) is 9.36 Å². The molecule has 132 valence electrons. The van der Waals surface area contributed by atoms with E-state index < -0.39 is 11.7 Å². The van der Waals surface area contributed by atoms with Gasteiger partial charge in [-0.25, -0.2) is 14.2 Å². The number of carbonyl (C=O) groups excluding carboxylic acids is 1. The van der Waals surface area contributed by atoms with Crippen molar-refractivity contribution in [2.45, 2.75) is 13.5 Å². The highest BCUT2D eigenvalue weighted by Gasteiger charge is 2.14. The van der Waals surface area contributed by atoms with E-state index in [1.54, 1.807) is 31.5 Å². The van der Waals surface area contributed by atoms with Crippen LogP contribution in [-0.2, 0) is 16.1 Å². The van der Waals surface area contributed by atoms with Crippen molar-refractivity contribution in [3.05, 3.63) is 53.0 Å². The van der Waals surface area contributed by atoms with Gasteiger partial charge >= 0.3 is 11.7 Å². The van der Waals surface area contributed by atoms with Crippen LogP contribution in [0.15, 0.2) is 41.5 Å². The van der Waals surface area contributed by atoms with Crippen LogP contribution in [0.5, 0.6) is 0 Å². The van der Waals surface area contributed by atoms with Gasteiger partial charge < -0.3 is 14.7 Å². The quantitative estimate of drug-likeness (QED) is 0.551. The lowest BCUT2D eigenvalue weighted by atomic mass is 10.1. The summed E-state index contributed by atoms with van der Waals surface area (Å²) in [6.45, 7) is 1.74. The van der Waals surface area contributed by atoms with Crippen LogP contribution in [-0.4, -0.2) is 32.1 Å². The minimum Gasteiger partial charge on any atom is -0.465 e. The molecule has 0 unspecified atom stereocenters. The maximum Gasteiger partial charge on any atom is 0.328 e. The highest BCUT2D eigenvalue weighted by molar-refractivity contribution is 5.96. The van der Waals surface area contributed by atoms with Gasteiger partial charge in [0.2, 0.25) is 0 Å². The minimum absolute atomic E-state index is 0.203. The van der Waals surface area contributed by atoms with Crippen LogP contribution in [0.4, 0.5) is 4.39 Å². The Balaban J connectivity index is 1.79. The molecule has 0 aliphatic rings. The topological polar surface area (TPSA) is 92.8 Å². The van der Waals surface area contributed by atoms with Crippen molar-refractivity contribution in [2.75, 3.05) is 6.61 Å². The van der Waals surface area contributed by atoms with Crippen LogP contribution < -0.4 is 5.69 Å². The van der Waals surface area contributed by atoms with Gasteiger partial charge in [-0.05, 0) is 31.2 Å². The first-order valence-corrected chi connectivity index (χ1v) is 8.08. The van der Waals surface area contributed by atoms with Crippen LogP contribution in [0.3, 0.4) is 0 Å². The Hall–Kier alpha value is -3.42. The number of hydrogen-bond acceptors (Lipinski definition) is 4. The van der Waals surface area contributed by atoms with Crippen molar-refractivity contribution in [1.29, 1.82) is 0 Å². The molecular weight excluding hydrogens is 339 g/mol. The van der Waals surface area contributed by atoms with E-state index in [-0.39, 0.29) is 19.0 Å². The molecule has 3 heterocycles. The lowest BCUT2D eigenvalue weighted by molar-refractivity contribution is -0.143. The molecule has 0 spiro atoms. The van der Waals surface area contributed by atoms with E-state index in [2.05, 4.69) is 15.0 Å². The molecule has 0 atom stereocenters. The summed E-state index contributed by atoms with van der Waals surface area (Å²) in [4.78, 5) is 33.9. The maximum atomic E-state index is 13.4. The molecule has 0 aliphatic heterocycles. The smallest absolute Gasteiger partial charge is 0.328 e. The molecule has 0 radical (unpaired) electrons. The van der Waals surface area contributed by atoms with Crippen molar-refractivity contribution in [3.8, 4) is 11.1 Å². The van der Waals surface area contributed by atoms with Crippen molar-refractivity contribution in [1.82, 2.24) is 19.5 Å². The molecule has 0 saturated heterocycles. The molecule has 4 rings (SSSR count). The Morgan fingerprint density at radius 2 is 2.15 bits per heavy atom. The first-order chi connectivity index (χ1) is 12.6. The molecule has 0 bridgehead atoms. The average molecular weight is 354 g/mol. The summed E-state index contributed by atoms with van der Waals surface area (Å²) < 4.78 is 19.5. The number of aromatic amines is 2. The van der Waals surface area contributed by atoms with E-state index in [0.29, 0.717) is 16.7 Å². The Kier molecular flexibility index (Phi) is 3.80. The van der Waals surface area contributed by atoms with Gasteiger partial charge in [0.25, 0.3) is 0 Å². The van der Waals surface area contributed by atoms with Crippen LogP contribution in [0.2, 0.25) is 0 Å². The monoisotopic (exact) mass is 354 g/mol. The van der Waals surface area contributed by atoms with Gasteiger partial charge in [0, 0.05) is 34.4 Å². The Morgan fingerprint density at radius 3 is 2.96 bits per heavy atom. The Bertz CT molecular complexity index is 1190. The molecule has 7 nitrogen and oxygen atoms in total. The molecular formula is C18H15FN4O3. The lowest BCUT2D eigenvalue weighted by Crippen LogP contribution is -2.23. The highest BCUT2D eigenvalue weighted by Crippen LogP contribution is 2.29. The van der Waals surface area contributed by atoms with Crippen molar-refractivity contribution >= 4 is 28.0 Å². The summed E-state index contributed by atoms with van der Waals surface area (Å²) in [5.41, 5.74) is 2.73. The zero-order valence-corrected chi connectivity index (χ0v) is 13.9. The van der Waals surface area contributed by atoms with E-state index in [1.807, 2.05) is 0 Å². The van der Waals surface area contributed by atoms with Gasteiger partial charge in [-0.2, -0.15) is 0 Å². The Morgan fingerprint density at radius 1 is 1.31 bits per heavy atom. The average Bonchev–Trinajstić information content (AvgIpc) is 3.15. The van der Waals surface area contributed by atoms with Gasteiger partial charge in [-0.1, -0.05) is 0 Å². The summed E-state index contributed by atoms with van der Waals surface area (Å²) in [6, 6.07) is 6.28. The number of nitrogens with one attached hydrogen (secondary N) is 2. The molecule has 0 amide bonds. The summed E-state index contributed by atoms with van der Waals surface area (Å²) in [6.07, 6.45) is 3.38. The van der Waals surface area contributed by atoms with E-state index in [4.69, 9.17) is 4.74 Å². The number of hydrogen-bond donors (Lipinski definition) is 2. The second-order valence-corrected chi connectivity index (χ2v) is 5.81. The van der Waals surface area contributed by atoms with Crippen LogP contribution in [0.1, 0.15) is 6.92 Å². The molecule has 8 heteroatoms. The molecule has 0 saturated carbocycles. The number of pyridine rings is 1. The molecule has 0 fully saturated rings. The molecule has 3 aromatic heterocycles. The normalized spacial score (nSPS) is 11.3. The van der Waals surface area contributed by atoms with Crippen molar-refractivity contribution in [2.24, 2.45) is 0 Å². The fourth-order valence-electron chi connectivity index (χ4n) is 3.01. The third-order valence-corrected chi connectivity index (χ3v) is 4.16. The molecule has 26 heavy (non-hydrogen) atoms. The summed E-state index contributed by atoms with van der Waals surface area (Å²) in [7, 11) is 0. The molecule has 4 aromatic rings. The molecule has 2 N–H and O–H groups in total. The molecule has 0 aliphatic carbocycles.